The Labute approximate surface area is 30.1 Å². The van der Waals surface area contributed by atoms with Crippen molar-refractivity contribution in [3.63, 3.8) is 0 Å². The van der Waals surface area contributed by atoms with E-state index in [9.17, 15) is 0 Å². The van der Waals surface area contributed by atoms with E-state index in [0.717, 1.165) is 5.98 Å². The first-order valence-corrected chi connectivity index (χ1v) is 0.872. The van der Waals surface area contributed by atoms with Crippen molar-refractivity contribution >= 4 is 7.85 Å². The summed E-state index contributed by atoms with van der Waals surface area (Å²) in [5.74, 6) is 1.04. The molecule has 1 heteroatoms. The summed E-state index contributed by atoms with van der Waals surface area (Å²) < 4.78 is 12.7. The van der Waals surface area contributed by atoms with Crippen LogP contribution in [-0.2, 0) is 0 Å². The summed E-state index contributed by atoms with van der Waals surface area (Å²) in [4.78, 5) is 0. The maximum atomic E-state index is 6.34. The van der Waals surface area contributed by atoms with Crippen LogP contribution in [0.25, 0.3) is 0 Å². The standard InChI is InChI=1S/C3H3B/c1-2-3-4/h3H,1H2/i1T2. The van der Waals surface area contributed by atoms with Gasteiger partial charge >= 0.3 is 0 Å². The van der Waals surface area contributed by atoms with Gasteiger partial charge < -0.3 is 0 Å². The quantitative estimate of drug-likeness (QED) is 0.278. The van der Waals surface area contributed by atoms with E-state index < -0.39 is 6.53 Å². The minimum Gasteiger partial charge on any atom is -0.144 e. The molecule has 0 unspecified atom stereocenters. The van der Waals surface area contributed by atoms with Crippen LogP contribution in [0.1, 0.15) is 2.74 Å². The third-order valence-electron chi connectivity index (χ3n) is 0.0833. The lowest BCUT2D eigenvalue weighted by Crippen LogP contribution is -1.33. The molecular weight excluding hydrogens is 46.8 g/mol. The van der Waals surface area contributed by atoms with Gasteiger partial charge in [-0.2, -0.15) is 0 Å². The molecule has 0 fully saturated rings. The Morgan fingerprint density at radius 1 is 2.50 bits per heavy atom. The van der Waals surface area contributed by atoms with E-state index >= 15 is 0 Å². The van der Waals surface area contributed by atoms with Crippen LogP contribution in [0.4, 0.5) is 0 Å². The molecule has 0 aromatic heterocycles. The molecule has 2 radical (unpaired) electrons. The predicted octanol–water partition coefficient (Wildman–Crippen LogP) is 0.454. The maximum absolute atomic E-state index is 6.34. The van der Waals surface area contributed by atoms with Crippen LogP contribution in [0.5, 0.6) is 0 Å². The summed E-state index contributed by atoms with van der Waals surface area (Å²) in [6.07, 6.45) is 0. The van der Waals surface area contributed by atoms with E-state index in [2.05, 4.69) is 5.73 Å². The van der Waals surface area contributed by atoms with Crippen molar-refractivity contribution in [1.29, 1.82) is 0 Å². The number of rotatable bonds is 0. The molecule has 0 aliphatic heterocycles. The molecule has 0 N–H and O–H groups in total. The van der Waals surface area contributed by atoms with Gasteiger partial charge in [0.15, 0.2) is 0 Å². The molecule has 0 aliphatic rings. The van der Waals surface area contributed by atoms with Crippen LogP contribution in [0.3, 0.4) is 0 Å². The van der Waals surface area contributed by atoms with Gasteiger partial charge in [-0.25, -0.2) is 0 Å². The highest BCUT2D eigenvalue weighted by atomic mass is 13.2. The van der Waals surface area contributed by atoms with E-state index in [-0.39, 0.29) is 0 Å². The van der Waals surface area contributed by atoms with Crippen molar-refractivity contribution in [2.75, 3.05) is 0 Å². The number of hydrogen-bond acceptors (Lipinski definition) is 0. The molecule has 0 saturated carbocycles. The normalized spacial score (nSPS) is 10.0. The van der Waals surface area contributed by atoms with Crippen LogP contribution in [0.15, 0.2) is 18.2 Å². The van der Waals surface area contributed by atoms with Gasteiger partial charge in [-0.1, -0.05) is 12.5 Å². The van der Waals surface area contributed by atoms with E-state index in [0.29, 0.717) is 0 Å². The molecule has 0 aliphatic carbocycles. The van der Waals surface area contributed by atoms with E-state index in [1.165, 1.54) is 0 Å². The minimum atomic E-state index is -0.391. The first kappa shape index (κ1) is 1.14. The molecule has 0 rings (SSSR count). The topological polar surface area (TPSA) is 0 Å². The lowest BCUT2D eigenvalue weighted by Gasteiger charge is -1.36. The van der Waals surface area contributed by atoms with Crippen LogP contribution < -0.4 is 0 Å². The zero-order chi connectivity index (χ0) is 4.99. The zero-order valence-electron chi connectivity index (χ0n) is 4.15. The Kier molecular flexibility index (Phi) is 0.736. The average molecular weight is 53.9 g/mol. The van der Waals surface area contributed by atoms with Crippen LogP contribution in [0, 0.1) is 0 Å². The van der Waals surface area contributed by atoms with Crippen molar-refractivity contribution in [3.05, 3.63) is 18.2 Å². The Balaban J connectivity index is 3.73. The van der Waals surface area contributed by atoms with Gasteiger partial charge in [0.2, 0.25) is 0 Å². The fraction of sp³-hybridized carbons (Fsp3) is 0. The molecule has 0 nitrogen and oxygen atoms in total. The fourth-order valence-electron chi connectivity index (χ4n) is 0. The fourth-order valence-corrected chi connectivity index (χ4v) is 0. The summed E-state index contributed by atoms with van der Waals surface area (Å²) >= 11 is 0. The summed E-state index contributed by atoms with van der Waals surface area (Å²) in [7, 11) is 4.73. The first-order chi connectivity index (χ1) is 2.77. The van der Waals surface area contributed by atoms with Crippen molar-refractivity contribution in [2.24, 2.45) is 0 Å². The molecule has 0 aromatic carbocycles. The van der Waals surface area contributed by atoms with Crippen molar-refractivity contribution in [2.45, 2.75) is 0 Å². The lowest BCUT2D eigenvalue weighted by molar-refractivity contribution is 2.42. The van der Waals surface area contributed by atoms with Gasteiger partial charge in [-0.05, 0) is 0 Å². The monoisotopic (exact) mass is 54.0 g/mol. The molecule has 0 spiro atoms. The second-order valence-corrected chi connectivity index (χ2v) is 0.311. The largest absolute Gasteiger partial charge is 0.144 e. The summed E-state index contributed by atoms with van der Waals surface area (Å²) in [5.41, 5.74) is 2.11. The molecule has 0 atom stereocenters. The second-order valence-electron chi connectivity index (χ2n) is 0.311. The second kappa shape index (κ2) is 2.58. The highest BCUT2D eigenvalue weighted by Crippen LogP contribution is 1.36. The van der Waals surface area contributed by atoms with Crippen LogP contribution in [-0.4, -0.2) is 7.85 Å². The Bertz CT molecular complexity index is 87.0. The van der Waals surface area contributed by atoms with Gasteiger partial charge in [-0.3, -0.25) is 0 Å². The SMILES string of the molecule is [3H]C([3H])=C=C[B]. The maximum Gasteiger partial charge on any atom is 0.114 e. The summed E-state index contributed by atoms with van der Waals surface area (Å²) in [6, 6.07) is 0. The van der Waals surface area contributed by atoms with Crippen molar-refractivity contribution in [1.82, 2.24) is 0 Å². The number of hydrogen-bond donors (Lipinski definition) is 0. The predicted molar refractivity (Wildman–Crippen MR) is 19.5 cm³/mol. The zero-order valence-corrected chi connectivity index (χ0v) is 2.15. The molecule has 0 bridgehead atoms. The Morgan fingerprint density at radius 2 is 3.25 bits per heavy atom. The Hall–Kier alpha value is -0.415. The van der Waals surface area contributed by atoms with Crippen LogP contribution >= 0.6 is 0 Å². The average Bonchev–Trinajstić information content (AvgIpc) is 1.35. The van der Waals surface area contributed by atoms with Gasteiger partial charge in [0.25, 0.3) is 0 Å². The summed E-state index contributed by atoms with van der Waals surface area (Å²) in [6.45, 7) is -0.391. The highest BCUT2D eigenvalue weighted by Gasteiger charge is 1.26. The molecule has 18 valence electrons. The molecule has 4 heavy (non-hydrogen) atoms. The molecule has 0 saturated heterocycles. The van der Waals surface area contributed by atoms with Crippen LogP contribution in [0.2, 0.25) is 0 Å². The first-order valence-electron chi connectivity index (χ1n) is 1.87. The molecule has 0 aromatic rings. The van der Waals surface area contributed by atoms with Crippen molar-refractivity contribution < 1.29 is 2.74 Å². The minimum absolute atomic E-state index is 0.391. The molecular formula is C3H3B. The molecule has 0 amide bonds. The smallest absolute Gasteiger partial charge is 0.114 e. The Morgan fingerprint density at radius 3 is 3.25 bits per heavy atom. The van der Waals surface area contributed by atoms with Gasteiger partial charge in [0.1, 0.15) is 7.85 Å². The third kappa shape index (κ3) is 1.58. The van der Waals surface area contributed by atoms with E-state index in [4.69, 9.17) is 10.6 Å². The van der Waals surface area contributed by atoms with Crippen molar-refractivity contribution in [3.8, 4) is 0 Å². The highest BCUT2D eigenvalue weighted by molar-refractivity contribution is 6.16. The lowest BCUT2D eigenvalue weighted by atomic mass is 10.2. The van der Waals surface area contributed by atoms with E-state index in [1.807, 2.05) is 0 Å². The van der Waals surface area contributed by atoms with E-state index in [1.54, 1.807) is 0 Å². The molecule has 0 heterocycles. The van der Waals surface area contributed by atoms with Gasteiger partial charge in [-0.15, -0.1) is 5.73 Å². The third-order valence-corrected chi connectivity index (χ3v) is 0.0833. The summed E-state index contributed by atoms with van der Waals surface area (Å²) in [5, 5.41) is 0. The van der Waals surface area contributed by atoms with Gasteiger partial charge in [0.05, 0.1) is 2.74 Å². The van der Waals surface area contributed by atoms with Gasteiger partial charge in [0, 0.05) is 0 Å².